The van der Waals surface area contributed by atoms with E-state index in [1.165, 1.54) is 18.2 Å². The van der Waals surface area contributed by atoms with Crippen molar-refractivity contribution in [2.45, 2.75) is 26.9 Å². The maximum absolute atomic E-state index is 13.3. The van der Waals surface area contributed by atoms with Crippen LogP contribution in [-0.2, 0) is 22.7 Å². The molecule has 0 saturated carbocycles. The number of fused-ring (bicyclic) bond motifs is 1. The van der Waals surface area contributed by atoms with Crippen LogP contribution in [0.25, 0.3) is 11.0 Å². The molecule has 0 spiro atoms. The summed E-state index contributed by atoms with van der Waals surface area (Å²) in [6.45, 7) is 3.85. The fourth-order valence-electron chi connectivity index (χ4n) is 2.72. The molecule has 6 nitrogen and oxygen atoms in total. The van der Waals surface area contributed by atoms with Crippen molar-refractivity contribution in [3.63, 3.8) is 0 Å². The average molecular weight is 368 g/mol. The second-order valence-electron chi connectivity index (χ2n) is 6.53. The van der Waals surface area contributed by atoms with E-state index in [-0.39, 0.29) is 30.8 Å². The van der Waals surface area contributed by atoms with Gasteiger partial charge in [-0.1, -0.05) is 32.0 Å². The van der Waals surface area contributed by atoms with Gasteiger partial charge in [-0.25, -0.2) is 9.37 Å². The minimum absolute atomic E-state index is 0.00388. The van der Waals surface area contributed by atoms with Crippen LogP contribution in [0.5, 0.6) is 0 Å². The lowest BCUT2D eigenvalue weighted by Crippen LogP contribution is -2.29. The molecule has 0 radical (unpaired) electrons. The zero-order valence-corrected chi connectivity index (χ0v) is 15.2. The third kappa shape index (κ3) is 4.49. The third-order valence-electron chi connectivity index (χ3n) is 4.09. The normalized spacial score (nSPS) is 11.0. The summed E-state index contributed by atoms with van der Waals surface area (Å²) in [5.74, 6) is -0.366. The molecule has 0 unspecified atom stereocenters. The Balaban J connectivity index is 1.82. The molecule has 0 aliphatic rings. The first-order valence-electron chi connectivity index (χ1n) is 8.71. The predicted molar refractivity (Wildman–Crippen MR) is 101 cm³/mol. The van der Waals surface area contributed by atoms with E-state index in [1.54, 1.807) is 10.6 Å². The fourth-order valence-corrected chi connectivity index (χ4v) is 2.72. The van der Waals surface area contributed by atoms with E-state index in [2.05, 4.69) is 15.6 Å². The Labute approximate surface area is 156 Å². The number of imidazole rings is 1. The van der Waals surface area contributed by atoms with Crippen molar-refractivity contribution in [1.82, 2.24) is 14.9 Å². The van der Waals surface area contributed by atoms with Crippen LogP contribution in [0.15, 0.2) is 48.5 Å². The molecule has 0 fully saturated rings. The highest BCUT2D eigenvalue weighted by molar-refractivity contribution is 5.91. The van der Waals surface area contributed by atoms with Crippen LogP contribution in [0.2, 0.25) is 0 Å². The molecular formula is C20H21FN4O2. The lowest BCUT2D eigenvalue weighted by atomic mass is 10.2. The number of anilines is 1. The summed E-state index contributed by atoms with van der Waals surface area (Å²) in [6.07, 6.45) is 0. The number of halogens is 1. The summed E-state index contributed by atoms with van der Waals surface area (Å²) >= 11 is 0. The summed E-state index contributed by atoms with van der Waals surface area (Å²) in [4.78, 5) is 28.9. The first kappa shape index (κ1) is 18.6. The number of rotatable bonds is 6. The first-order valence-corrected chi connectivity index (χ1v) is 8.71. The van der Waals surface area contributed by atoms with Gasteiger partial charge in [-0.3, -0.25) is 9.59 Å². The molecule has 140 valence electrons. The van der Waals surface area contributed by atoms with Crippen LogP contribution in [0.4, 0.5) is 10.1 Å². The van der Waals surface area contributed by atoms with Crippen molar-refractivity contribution >= 4 is 28.5 Å². The molecule has 2 amide bonds. The smallest absolute Gasteiger partial charge is 0.244 e. The van der Waals surface area contributed by atoms with Gasteiger partial charge in [0.2, 0.25) is 11.8 Å². The minimum Gasteiger partial charge on any atom is -0.349 e. The molecule has 27 heavy (non-hydrogen) atoms. The Morgan fingerprint density at radius 1 is 1.15 bits per heavy atom. The SMILES string of the molecule is CC(C)C(=O)NCc1nc2ccccc2n1CC(=O)Nc1cccc(F)c1. The number of carbonyl (C=O) groups excluding carboxylic acids is 2. The first-order chi connectivity index (χ1) is 12.9. The van der Waals surface area contributed by atoms with Crippen LogP contribution in [-0.4, -0.2) is 21.4 Å². The molecule has 0 aliphatic carbocycles. The van der Waals surface area contributed by atoms with Crippen molar-refractivity contribution in [3.05, 3.63) is 60.2 Å². The van der Waals surface area contributed by atoms with Gasteiger partial charge < -0.3 is 15.2 Å². The molecule has 3 rings (SSSR count). The summed E-state index contributed by atoms with van der Waals surface area (Å²) < 4.78 is 15.1. The second-order valence-corrected chi connectivity index (χ2v) is 6.53. The Hall–Kier alpha value is -3.22. The number of amides is 2. The van der Waals surface area contributed by atoms with E-state index < -0.39 is 5.82 Å². The van der Waals surface area contributed by atoms with E-state index in [0.717, 1.165) is 11.0 Å². The summed E-state index contributed by atoms with van der Waals surface area (Å²) in [6, 6.07) is 13.2. The Kier molecular flexibility index (Phi) is 5.49. The van der Waals surface area contributed by atoms with Crippen LogP contribution < -0.4 is 10.6 Å². The van der Waals surface area contributed by atoms with Crippen LogP contribution in [0.1, 0.15) is 19.7 Å². The topological polar surface area (TPSA) is 76.0 Å². The summed E-state index contributed by atoms with van der Waals surface area (Å²) in [5.41, 5.74) is 1.92. The van der Waals surface area contributed by atoms with Gasteiger partial charge in [0.15, 0.2) is 0 Å². The van der Waals surface area contributed by atoms with Gasteiger partial charge in [0.05, 0.1) is 17.6 Å². The maximum Gasteiger partial charge on any atom is 0.244 e. The molecule has 0 saturated heterocycles. The highest BCUT2D eigenvalue weighted by Crippen LogP contribution is 2.17. The number of carbonyl (C=O) groups is 2. The number of nitrogens with one attached hydrogen (secondary N) is 2. The highest BCUT2D eigenvalue weighted by atomic mass is 19.1. The van der Waals surface area contributed by atoms with Crippen LogP contribution in [0.3, 0.4) is 0 Å². The van der Waals surface area contributed by atoms with Crippen molar-refractivity contribution in [2.75, 3.05) is 5.32 Å². The monoisotopic (exact) mass is 368 g/mol. The van der Waals surface area contributed by atoms with Crippen molar-refractivity contribution in [2.24, 2.45) is 5.92 Å². The molecular weight excluding hydrogens is 347 g/mol. The lowest BCUT2D eigenvalue weighted by molar-refractivity contribution is -0.124. The van der Waals surface area contributed by atoms with E-state index in [1.807, 2.05) is 38.1 Å². The molecule has 0 aliphatic heterocycles. The lowest BCUT2D eigenvalue weighted by Gasteiger charge is -2.12. The zero-order chi connectivity index (χ0) is 19.4. The van der Waals surface area contributed by atoms with E-state index in [9.17, 15) is 14.0 Å². The fraction of sp³-hybridized carbons (Fsp3) is 0.250. The number of nitrogens with zero attached hydrogens (tertiary/aromatic N) is 2. The maximum atomic E-state index is 13.3. The number of hydrogen-bond acceptors (Lipinski definition) is 3. The van der Waals surface area contributed by atoms with Gasteiger partial charge in [-0.15, -0.1) is 0 Å². The molecule has 3 aromatic rings. The number of para-hydroxylation sites is 2. The number of hydrogen-bond donors (Lipinski definition) is 2. The van der Waals surface area contributed by atoms with E-state index in [0.29, 0.717) is 11.5 Å². The van der Waals surface area contributed by atoms with Crippen LogP contribution >= 0.6 is 0 Å². The Morgan fingerprint density at radius 2 is 1.93 bits per heavy atom. The second kappa shape index (κ2) is 7.99. The Morgan fingerprint density at radius 3 is 2.67 bits per heavy atom. The minimum atomic E-state index is -0.419. The standard InChI is InChI=1S/C20H21FN4O2/c1-13(2)20(27)22-11-18-24-16-8-3-4-9-17(16)25(18)12-19(26)23-15-7-5-6-14(21)10-15/h3-10,13H,11-12H2,1-2H3,(H,22,27)(H,23,26). The molecule has 1 aromatic heterocycles. The quantitative estimate of drug-likeness (QED) is 0.702. The third-order valence-corrected chi connectivity index (χ3v) is 4.09. The van der Waals surface area contributed by atoms with Crippen LogP contribution in [0, 0.1) is 11.7 Å². The molecule has 2 N–H and O–H groups in total. The Bertz CT molecular complexity index is 981. The van der Waals surface area contributed by atoms with Gasteiger partial charge >= 0.3 is 0 Å². The van der Waals surface area contributed by atoms with E-state index in [4.69, 9.17) is 0 Å². The zero-order valence-electron chi connectivity index (χ0n) is 15.2. The summed E-state index contributed by atoms with van der Waals surface area (Å²) in [5, 5.41) is 5.51. The predicted octanol–water partition coefficient (Wildman–Crippen LogP) is 3.09. The largest absolute Gasteiger partial charge is 0.349 e. The van der Waals surface area contributed by atoms with Gasteiger partial charge in [-0.05, 0) is 30.3 Å². The molecule has 7 heteroatoms. The molecule has 1 heterocycles. The van der Waals surface area contributed by atoms with Gasteiger partial charge in [-0.2, -0.15) is 0 Å². The molecule has 2 aromatic carbocycles. The van der Waals surface area contributed by atoms with E-state index >= 15 is 0 Å². The summed E-state index contributed by atoms with van der Waals surface area (Å²) in [7, 11) is 0. The average Bonchev–Trinajstić information content (AvgIpc) is 2.97. The molecule has 0 atom stereocenters. The highest BCUT2D eigenvalue weighted by Gasteiger charge is 2.15. The van der Waals surface area contributed by atoms with Gasteiger partial charge in [0.1, 0.15) is 18.2 Å². The van der Waals surface area contributed by atoms with Crippen molar-refractivity contribution in [3.8, 4) is 0 Å². The van der Waals surface area contributed by atoms with Crippen molar-refractivity contribution in [1.29, 1.82) is 0 Å². The van der Waals surface area contributed by atoms with Gasteiger partial charge in [0.25, 0.3) is 0 Å². The number of benzene rings is 2. The number of aromatic nitrogens is 2. The van der Waals surface area contributed by atoms with Crippen molar-refractivity contribution < 1.29 is 14.0 Å². The molecule has 0 bridgehead atoms. The van der Waals surface area contributed by atoms with Gasteiger partial charge in [0, 0.05) is 11.6 Å².